The highest BCUT2D eigenvalue weighted by Gasteiger charge is 2.42. The van der Waals surface area contributed by atoms with Crippen LogP contribution >= 0.6 is 11.3 Å². The molecule has 1 aromatic heterocycles. The van der Waals surface area contributed by atoms with Gasteiger partial charge >= 0.3 is 5.97 Å². The maximum Gasteiger partial charge on any atom is 0.329 e. The highest BCUT2D eigenvalue weighted by Crippen LogP contribution is 2.30. The second-order valence-corrected chi connectivity index (χ2v) is 7.57. The van der Waals surface area contributed by atoms with Crippen LogP contribution in [0.4, 0.5) is 0 Å². The van der Waals surface area contributed by atoms with Crippen molar-refractivity contribution in [1.29, 1.82) is 0 Å². The van der Waals surface area contributed by atoms with Gasteiger partial charge in [0.25, 0.3) is 0 Å². The fourth-order valence-electron chi connectivity index (χ4n) is 2.58. The van der Waals surface area contributed by atoms with E-state index in [1.807, 2.05) is 5.38 Å². The molecule has 21 heavy (non-hydrogen) atoms. The number of aromatic nitrogens is 1. The highest BCUT2D eigenvalue weighted by atomic mass is 32.1. The van der Waals surface area contributed by atoms with Gasteiger partial charge in [-0.15, -0.1) is 11.3 Å². The van der Waals surface area contributed by atoms with Gasteiger partial charge in [0.2, 0.25) is 5.91 Å². The van der Waals surface area contributed by atoms with E-state index in [0.717, 1.165) is 17.8 Å². The predicted molar refractivity (Wildman–Crippen MR) is 81.5 cm³/mol. The minimum absolute atomic E-state index is 0.0346. The molecule has 1 fully saturated rings. The minimum Gasteiger partial charge on any atom is -0.480 e. The van der Waals surface area contributed by atoms with Crippen LogP contribution < -0.4 is 5.32 Å². The number of hydrogen-bond acceptors (Lipinski definition) is 4. The van der Waals surface area contributed by atoms with Crippen LogP contribution in [0.5, 0.6) is 0 Å². The van der Waals surface area contributed by atoms with Crippen molar-refractivity contribution in [2.24, 2.45) is 0 Å². The maximum atomic E-state index is 12.1. The largest absolute Gasteiger partial charge is 0.480 e. The molecule has 1 aromatic rings. The van der Waals surface area contributed by atoms with E-state index in [9.17, 15) is 14.7 Å². The molecular formula is C15H22N2O3S. The zero-order valence-corrected chi connectivity index (χ0v) is 13.5. The Labute approximate surface area is 128 Å². The molecule has 0 saturated heterocycles. The normalized spacial score (nSPS) is 17.7. The third-order valence-electron chi connectivity index (χ3n) is 3.78. The molecule has 0 radical (unpaired) electrons. The van der Waals surface area contributed by atoms with E-state index >= 15 is 0 Å². The molecule has 6 heteroatoms. The summed E-state index contributed by atoms with van der Waals surface area (Å²) in [6.07, 6.45) is 2.85. The van der Waals surface area contributed by atoms with Gasteiger partial charge in [-0.1, -0.05) is 33.6 Å². The number of carboxylic acids is 1. The molecule has 5 nitrogen and oxygen atoms in total. The Bertz CT molecular complexity index is 539. The summed E-state index contributed by atoms with van der Waals surface area (Å²) in [5, 5.41) is 14.9. The molecule has 1 saturated carbocycles. The Morgan fingerprint density at radius 1 is 1.38 bits per heavy atom. The molecule has 1 aliphatic rings. The van der Waals surface area contributed by atoms with Gasteiger partial charge in [0.05, 0.1) is 17.1 Å². The van der Waals surface area contributed by atoms with Crippen LogP contribution in [0.1, 0.15) is 57.2 Å². The van der Waals surface area contributed by atoms with Crippen LogP contribution in [-0.2, 0) is 21.4 Å². The van der Waals surface area contributed by atoms with Gasteiger partial charge in [0.15, 0.2) is 0 Å². The standard InChI is InChI=1S/C15H22N2O3S/c1-14(2,3)12-16-10(9-21-12)8-11(18)17-15(13(19)20)6-4-5-7-15/h9H,4-8H2,1-3H3,(H,17,18)(H,19,20). The molecule has 0 aromatic carbocycles. The molecule has 0 bridgehead atoms. The molecular weight excluding hydrogens is 288 g/mol. The number of nitrogens with one attached hydrogen (secondary N) is 1. The van der Waals surface area contributed by atoms with Crippen molar-refractivity contribution >= 4 is 23.2 Å². The van der Waals surface area contributed by atoms with E-state index in [4.69, 9.17) is 0 Å². The fraction of sp³-hybridized carbons (Fsp3) is 0.667. The van der Waals surface area contributed by atoms with Crippen molar-refractivity contribution in [2.45, 2.75) is 63.8 Å². The summed E-state index contributed by atoms with van der Waals surface area (Å²) < 4.78 is 0. The summed E-state index contributed by atoms with van der Waals surface area (Å²) in [5.41, 5.74) is -0.395. The molecule has 2 N–H and O–H groups in total. The van der Waals surface area contributed by atoms with E-state index in [1.165, 1.54) is 11.3 Å². The Balaban J connectivity index is 2.01. The van der Waals surface area contributed by atoms with Crippen LogP contribution in [-0.4, -0.2) is 27.5 Å². The number of rotatable bonds is 4. The fourth-order valence-corrected chi connectivity index (χ4v) is 3.49. The second-order valence-electron chi connectivity index (χ2n) is 6.71. The van der Waals surface area contributed by atoms with Crippen LogP contribution in [0.2, 0.25) is 0 Å². The number of carbonyl (C=O) groups is 2. The van der Waals surface area contributed by atoms with E-state index in [2.05, 4.69) is 31.1 Å². The quantitative estimate of drug-likeness (QED) is 0.895. The maximum absolute atomic E-state index is 12.1. The van der Waals surface area contributed by atoms with Crippen molar-refractivity contribution in [2.75, 3.05) is 0 Å². The molecule has 0 atom stereocenters. The lowest BCUT2D eigenvalue weighted by Gasteiger charge is -2.25. The van der Waals surface area contributed by atoms with Gasteiger partial charge in [-0.3, -0.25) is 4.79 Å². The lowest BCUT2D eigenvalue weighted by atomic mass is 9.97. The minimum atomic E-state index is -1.07. The molecule has 2 rings (SSSR count). The van der Waals surface area contributed by atoms with Gasteiger partial charge in [0, 0.05) is 10.8 Å². The Hall–Kier alpha value is -1.43. The van der Waals surface area contributed by atoms with Crippen molar-refractivity contribution in [3.63, 3.8) is 0 Å². The lowest BCUT2D eigenvalue weighted by molar-refractivity contribution is -0.147. The highest BCUT2D eigenvalue weighted by molar-refractivity contribution is 7.09. The van der Waals surface area contributed by atoms with Gasteiger partial charge in [-0.05, 0) is 12.8 Å². The molecule has 1 amide bonds. The molecule has 0 aliphatic heterocycles. The Kier molecular flexibility index (Phi) is 4.37. The summed E-state index contributed by atoms with van der Waals surface area (Å²) in [6, 6.07) is 0. The van der Waals surface area contributed by atoms with E-state index in [1.54, 1.807) is 0 Å². The Morgan fingerprint density at radius 3 is 2.48 bits per heavy atom. The van der Waals surface area contributed by atoms with Crippen LogP contribution in [0.15, 0.2) is 5.38 Å². The van der Waals surface area contributed by atoms with E-state index in [0.29, 0.717) is 18.5 Å². The summed E-state index contributed by atoms with van der Waals surface area (Å²) in [4.78, 5) is 28.0. The predicted octanol–water partition coefficient (Wildman–Crippen LogP) is 2.50. The zero-order chi connectivity index (χ0) is 15.7. The molecule has 1 aliphatic carbocycles. The molecule has 0 spiro atoms. The summed E-state index contributed by atoms with van der Waals surface area (Å²) >= 11 is 1.54. The summed E-state index contributed by atoms with van der Waals surface area (Å²) in [7, 11) is 0. The average Bonchev–Trinajstić information content (AvgIpc) is 2.97. The third-order valence-corrected chi connectivity index (χ3v) is 5.10. The van der Waals surface area contributed by atoms with Gasteiger partial charge < -0.3 is 10.4 Å². The summed E-state index contributed by atoms with van der Waals surface area (Å²) in [5.74, 6) is -1.19. The first-order valence-corrected chi connectivity index (χ1v) is 8.10. The smallest absolute Gasteiger partial charge is 0.329 e. The SMILES string of the molecule is CC(C)(C)c1nc(CC(=O)NC2(C(=O)O)CCCC2)cs1. The van der Waals surface area contributed by atoms with Crippen LogP contribution in [0, 0.1) is 0 Å². The van der Waals surface area contributed by atoms with Crippen LogP contribution in [0.25, 0.3) is 0 Å². The number of nitrogens with zero attached hydrogens (tertiary/aromatic N) is 1. The van der Waals surface area contributed by atoms with Crippen molar-refractivity contribution in [3.05, 3.63) is 16.1 Å². The van der Waals surface area contributed by atoms with E-state index in [-0.39, 0.29) is 17.7 Å². The van der Waals surface area contributed by atoms with Crippen LogP contribution in [0.3, 0.4) is 0 Å². The number of amides is 1. The van der Waals surface area contributed by atoms with Crippen molar-refractivity contribution < 1.29 is 14.7 Å². The topological polar surface area (TPSA) is 79.3 Å². The molecule has 116 valence electrons. The Morgan fingerprint density at radius 2 is 2.00 bits per heavy atom. The lowest BCUT2D eigenvalue weighted by Crippen LogP contribution is -2.53. The first-order valence-electron chi connectivity index (χ1n) is 7.22. The number of carboxylic acid groups (broad SMARTS) is 1. The monoisotopic (exact) mass is 310 g/mol. The second kappa shape index (κ2) is 5.75. The van der Waals surface area contributed by atoms with E-state index < -0.39 is 11.5 Å². The zero-order valence-electron chi connectivity index (χ0n) is 12.7. The number of hydrogen-bond donors (Lipinski definition) is 2. The average molecular weight is 310 g/mol. The van der Waals surface area contributed by atoms with Gasteiger partial charge in [-0.2, -0.15) is 0 Å². The summed E-state index contributed by atoms with van der Waals surface area (Å²) in [6.45, 7) is 6.23. The first-order chi connectivity index (χ1) is 9.73. The first kappa shape index (κ1) is 15.9. The van der Waals surface area contributed by atoms with Gasteiger partial charge in [-0.25, -0.2) is 9.78 Å². The molecule has 1 heterocycles. The van der Waals surface area contributed by atoms with Crippen molar-refractivity contribution in [1.82, 2.24) is 10.3 Å². The number of aliphatic carboxylic acids is 1. The van der Waals surface area contributed by atoms with Crippen molar-refractivity contribution in [3.8, 4) is 0 Å². The van der Waals surface area contributed by atoms with Gasteiger partial charge in [0.1, 0.15) is 5.54 Å². The number of carbonyl (C=O) groups excluding carboxylic acids is 1. The number of thiazole rings is 1. The third kappa shape index (κ3) is 3.61. The molecule has 0 unspecified atom stereocenters.